The second kappa shape index (κ2) is 10.3. The van der Waals surface area contributed by atoms with E-state index in [0.29, 0.717) is 18.2 Å². The van der Waals surface area contributed by atoms with Crippen LogP contribution in [0.1, 0.15) is 54.6 Å². The molecule has 4 nitrogen and oxygen atoms in total. The summed E-state index contributed by atoms with van der Waals surface area (Å²) in [6, 6.07) is 18.2. The van der Waals surface area contributed by atoms with Crippen LogP contribution in [0.5, 0.6) is 0 Å². The number of hydrogen-bond donors (Lipinski definition) is 2. The molecule has 1 fully saturated rings. The van der Waals surface area contributed by atoms with Crippen molar-refractivity contribution in [3.8, 4) is 0 Å². The number of rotatable bonds is 11. The van der Waals surface area contributed by atoms with E-state index in [-0.39, 0.29) is 5.91 Å². The number of fused-ring (bicyclic) bond motifs is 1. The molecular weight excluding hydrogens is 406 g/mol. The third kappa shape index (κ3) is 5.90. The summed E-state index contributed by atoms with van der Waals surface area (Å²) in [6.07, 6.45) is 4.56. The second-order valence-electron chi connectivity index (χ2n) is 8.69. The first-order valence-electron chi connectivity index (χ1n) is 11.5. The first-order chi connectivity index (χ1) is 15.1. The van der Waals surface area contributed by atoms with E-state index in [0.717, 1.165) is 47.8 Å². The molecule has 1 aliphatic carbocycles. The minimum Gasteiger partial charge on any atom is -0.351 e. The maximum Gasteiger partial charge on any atom is 0.267 e. The Balaban J connectivity index is 1.17. The number of hydrogen-bond acceptors (Lipinski definition) is 2. The van der Waals surface area contributed by atoms with Crippen LogP contribution in [0.15, 0.2) is 54.6 Å². The molecule has 1 aromatic heterocycles. The third-order valence-electron chi connectivity index (χ3n) is 6.21. The van der Waals surface area contributed by atoms with E-state index in [1.54, 1.807) is 0 Å². The van der Waals surface area contributed by atoms with Crippen molar-refractivity contribution < 1.29 is 4.79 Å². The molecular formula is C26H32ClN3O. The second-order valence-corrected chi connectivity index (χ2v) is 9.12. The number of unbranched alkanes of at least 4 members (excludes halogenated alkanes) is 1. The zero-order valence-electron chi connectivity index (χ0n) is 18.2. The highest BCUT2D eigenvalue weighted by atomic mass is 35.5. The van der Waals surface area contributed by atoms with E-state index in [9.17, 15) is 4.79 Å². The third-order valence-corrected chi connectivity index (χ3v) is 6.47. The summed E-state index contributed by atoms with van der Waals surface area (Å²) in [5.74, 6) is 1.42. The van der Waals surface area contributed by atoms with Gasteiger partial charge in [0.2, 0.25) is 0 Å². The summed E-state index contributed by atoms with van der Waals surface area (Å²) in [6.45, 7) is 6.37. The van der Waals surface area contributed by atoms with Crippen molar-refractivity contribution in [1.82, 2.24) is 15.2 Å². The van der Waals surface area contributed by atoms with Gasteiger partial charge in [0.25, 0.3) is 5.91 Å². The summed E-state index contributed by atoms with van der Waals surface area (Å²) in [5.41, 5.74) is 3.06. The van der Waals surface area contributed by atoms with Crippen molar-refractivity contribution in [3.05, 3.63) is 70.9 Å². The number of carbonyl (C=O) groups excluding carboxylic acids is 1. The topological polar surface area (TPSA) is 48.1 Å². The van der Waals surface area contributed by atoms with Crippen LogP contribution in [-0.4, -0.2) is 42.0 Å². The molecule has 1 amide bonds. The highest BCUT2D eigenvalue weighted by molar-refractivity contribution is 6.30. The lowest BCUT2D eigenvalue weighted by Gasteiger charge is -2.22. The average Bonchev–Trinajstić information content (AvgIpc) is 3.39. The minimum atomic E-state index is -0.0228. The molecule has 31 heavy (non-hydrogen) atoms. The Morgan fingerprint density at radius 3 is 2.71 bits per heavy atom. The van der Waals surface area contributed by atoms with Crippen LogP contribution in [0.3, 0.4) is 0 Å². The quantitative estimate of drug-likeness (QED) is 0.370. The van der Waals surface area contributed by atoms with Gasteiger partial charge in [-0.25, -0.2) is 0 Å². The number of nitrogens with one attached hydrogen (secondary N) is 2. The lowest BCUT2D eigenvalue weighted by molar-refractivity contribution is 0.0948. The summed E-state index contributed by atoms with van der Waals surface area (Å²) in [7, 11) is 0. The molecule has 2 aromatic carbocycles. The van der Waals surface area contributed by atoms with Crippen molar-refractivity contribution in [2.75, 3.05) is 26.2 Å². The van der Waals surface area contributed by atoms with Gasteiger partial charge < -0.3 is 15.2 Å². The number of para-hydroxylation sites is 1. The molecule has 3 aromatic rings. The van der Waals surface area contributed by atoms with Gasteiger partial charge in [-0.05, 0) is 80.4 Å². The molecule has 1 saturated carbocycles. The molecule has 0 bridgehead atoms. The van der Waals surface area contributed by atoms with Crippen LogP contribution in [-0.2, 0) is 0 Å². The number of aromatic nitrogens is 1. The van der Waals surface area contributed by atoms with Crippen LogP contribution in [0.25, 0.3) is 10.9 Å². The molecule has 0 saturated heterocycles. The van der Waals surface area contributed by atoms with Crippen LogP contribution >= 0.6 is 11.6 Å². The highest BCUT2D eigenvalue weighted by Crippen LogP contribution is 2.48. The monoisotopic (exact) mass is 437 g/mol. The minimum absolute atomic E-state index is 0.0228. The normalized spacial score (nSPS) is 17.9. The summed E-state index contributed by atoms with van der Waals surface area (Å²) >= 11 is 6.02. The Morgan fingerprint density at radius 2 is 1.94 bits per heavy atom. The lowest BCUT2D eigenvalue weighted by atomic mass is 10.1. The molecule has 4 rings (SSSR count). The zero-order valence-corrected chi connectivity index (χ0v) is 19.0. The lowest BCUT2D eigenvalue weighted by Crippen LogP contribution is -2.30. The van der Waals surface area contributed by atoms with E-state index in [1.165, 1.54) is 24.9 Å². The van der Waals surface area contributed by atoms with Gasteiger partial charge in [0, 0.05) is 29.0 Å². The van der Waals surface area contributed by atoms with Gasteiger partial charge in [-0.1, -0.05) is 48.9 Å². The number of H-pyrrole nitrogens is 1. The van der Waals surface area contributed by atoms with Crippen LogP contribution in [0, 0.1) is 5.92 Å². The van der Waals surface area contributed by atoms with Gasteiger partial charge in [0.05, 0.1) is 0 Å². The first kappa shape index (κ1) is 21.9. The van der Waals surface area contributed by atoms with Crippen LogP contribution in [0.2, 0.25) is 5.02 Å². The van der Waals surface area contributed by atoms with Gasteiger partial charge >= 0.3 is 0 Å². The summed E-state index contributed by atoms with van der Waals surface area (Å²) < 4.78 is 0. The number of nitrogens with zero attached hydrogens (tertiary/aromatic N) is 1. The number of benzene rings is 2. The molecule has 0 radical (unpaired) electrons. The summed E-state index contributed by atoms with van der Waals surface area (Å²) in [5, 5.41) is 4.93. The van der Waals surface area contributed by atoms with E-state index in [1.807, 2.05) is 42.5 Å². The van der Waals surface area contributed by atoms with E-state index >= 15 is 0 Å². The van der Waals surface area contributed by atoms with Crippen molar-refractivity contribution in [1.29, 1.82) is 0 Å². The Hall–Kier alpha value is -2.30. The van der Waals surface area contributed by atoms with E-state index in [2.05, 4.69) is 34.3 Å². The number of amides is 1. The van der Waals surface area contributed by atoms with Gasteiger partial charge in [-0.3, -0.25) is 4.79 Å². The molecule has 1 aliphatic rings. The van der Waals surface area contributed by atoms with Gasteiger partial charge in [-0.2, -0.15) is 0 Å². The standard InChI is InChI=1S/C26H32ClN3O/c1-2-14-30(18-21-16-23(21)19-9-11-22(27)12-10-19)15-6-5-13-28-26(31)25-17-20-7-3-4-8-24(20)29-25/h3-4,7-12,17,21,23,29H,2,5-6,13-16,18H2,1H3,(H,28,31). The average molecular weight is 438 g/mol. The molecule has 0 spiro atoms. The Bertz CT molecular complexity index is 964. The highest BCUT2D eigenvalue weighted by Gasteiger charge is 2.38. The number of aromatic amines is 1. The number of halogens is 1. The largest absolute Gasteiger partial charge is 0.351 e. The fourth-order valence-electron chi connectivity index (χ4n) is 4.46. The smallest absolute Gasteiger partial charge is 0.267 e. The maximum atomic E-state index is 12.4. The van der Waals surface area contributed by atoms with Crippen molar-refractivity contribution in [2.45, 2.75) is 38.5 Å². The number of carbonyl (C=O) groups is 1. The predicted molar refractivity (Wildman–Crippen MR) is 129 cm³/mol. The van der Waals surface area contributed by atoms with E-state index < -0.39 is 0 Å². The molecule has 1 heterocycles. The molecule has 2 unspecified atom stereocenters. The molecule has 2 atom stereocenters. The van der Waals surface area contributed by atoms with Gasteiger partial charge in [0.15, 0.2) is 0 Å². The summed E-state index contributed by atoms with van der Waals surface area (Å²) in [4.78, 5) is 18.2. The van der Waals surface area contributed by atoms with Crippen LogP contribution < -0.4 is 5.32 Å². The van der Waals surface area contributed by atoms with Crippen molar-refractivity contribution in [3.63, 3.8) is 0 Å². The van der Waals surface area contributed by atoms with Gasteiger partial charge in [-0.15, -0.1) is 0 Å². The SMILES string of the molecule is CCCN(CCCCNC(=O)c1cc2ccccc2[nH]1)CC1CC1c1ccc(Cl)cc1. The van der Waals surface area contributed by atoms with Gasteiger partial charge in [0.1, 0.15) is 5.69 Å². The Kier molecular flexibility index (Phi) is 7.31. The van der Waals surface area contributed by atoms with E-state index in [4.69, 9.17) is 11.6 Å². The molecule has 164 valence electrons. The fraction of sp³-hybridized carbons (Fsp3) is 0.423. The zero-order chi connectivity index (χ0) is 21.6. The molecule has 2 N–H and O–H groups in total. The predicted octanol–water partition coefficient (Wildman–Crippen LogP) is 5.85. The maximum absolute atomic E-state index is 12.4. The molecule has 0 aliphatic heterocycles. The first-order valence-corrected chi connectivity index (χ1v) is 11.9. The van der Waals surface area contributed by atoms with Crippen LogP contribution in [0.4, 0.5) is 0 Å². The Labute approximate surface area is 190 Å². The fourth-order valence-corrected chi connectivity index (χ4v) is 4.59. The Morgan fingerprint density at radius 1 is 1.13 bits per heavy atom. The van der Waals surface area contributed by atoms with Crippen molar-refractivity contribution in [2.24, 2.45) is 5.92 Å². The molecule has 5 heteroatoms. The van der Waals surface area contributed by atoms with Crippen molar-refractivity contribution >= 4 is 28.4 Å².